The molecule has 3 aliphatic rings. The Morgan fingerprint density at radius 2 is 0.750 bits per heavy atom. The molecule has 5 rings (SSSR count). The van der Waals surface area contributed by atoms with Gasteiger partial charge in [0.1, 0.15) is 0 Å². The lowest BCUT2D eigenvalue weighted by atomic mass is 9.82. The van der Waals surface area contributed by atoms with Gasteiger partial charge in [-0.25, -0.2) is 0 Å². The van der Waals surface area contributed by atoms with Crippen molar-refractivity contribution in [3.05, 3.63) is 60.7 Å². The molecule has 0 saturated heterocycles. The first-order chi connectivity index (χ1) is 15.9. The molecular weight excluding hydrogens is 388 g/mol. The molecule has 0 aromatic heterocycles. The Balaban J connectivity index is 1.52. The predicted molar refractivity (Wildman–Crippen MR) is 138 cm³/mol. The largest absolute Gasteiger partial charge is 0.363 e. The van der Waals surface area contributed by atoms with Crippen LogP contribution in [0.5, 0.6) is 0 Å². The number of benzene rings is 2. The summed E-state index contributed by atoms with van der Waals surface area (Å²) in [6.07, 6.45) is 19.4. The maximum absolute atomic E-state index is 2.92. The minimum atomic E-state index is 0.622. The molecule has 172 valence electrons. The highest BCUT2D eigenvalue weighted by Crippen LogP contribution is 2.39. The van der Waals surface area contributed by atoms with Crippen molar-refractivity contribution in [2.24, 2.45) is 0 Å². The van der Waals surface area contributed by atoms with Gasteiger partial charge in [-0.05, 0) is 62.8 Å². The van der Waals surface area contributed by atoms with E-state index in [9.17, 15) is 0 Å². The molecule has 3 aliphatic carbocycles. The van der Waals surface area contributed by atoms with E-state index in [1.165, 1.54) is 101 Å². The van der Waals surface area contributed by atoms with E-state index in [4.69, 9.17) is 0 Å². The van der Waals surface area contributed by atoms with Crippen LogP contribution in [0.3, 0.4) is 0 Å². The fourth-order valence-electron chi connectivity index (χ4n) is 7.01. The van der Waals surface area contributed by atoms with Gasteiger partial charge in [0.25, 0.3) is 0 Å². The topological polar surface area (TPSA) is 6.48 Å². The van der Waals surface area contributed by atoms with Crippen LogP contribution in [0.15, 0.2) is 60.7 Å². The number of nitrogens with zero attached hydrogens (tertiary/aromatic N) is 2. The molecule has 0 spiro atoms. The second kappa shape index (κ2) is 10.8. The summed E-state index contributed by atoms with van der Waals surface area (Å²) in [5.41, 5.74) is 2.93. The molecular formula is C30H42N2. The number of rotatable bonds is 6. The van der Waals surface area contributed by atoms with Crippen molar-refractivity contribution in [1.82, 2.24) is 0 Å². The van der Waals surface area contributed by atoms with Gasteiger partial charge in [-0.2, -0.15) is 0 Å². The van der Waals surface area contributed by atoms with E-state index in [0.717, 1.165) is 0 Å². The van der Waals surface area contributed by atoms with Crippen LogP contribution >= 0.6 is 0 Å². The van der Waals surface area contributed by atoms with Gasteiger partial charge in [0.05, 0.1) is 0 Å². The van der Waals surface area contributed by atoms with Crippen molar-refractivity contribution in [2.45, 2.75) is 114 Å². The number of hydrogen-bond donors (Lipinski definition) is 0. The maximum Gasteiger partial charge on any atom is 0.0496 e. The normalized spacial score (nSPS) is 25.4. The molecule has 0 radical (unpaired) electrons. The van der Waals surface area contributed by atoms with Crippen molar-refractivity contribution in [3.8, 4) is 0 Å². The van der Waals surface area contributed by atoms with Gasteiger partial charge < -0.3 is 9.80 Å². The quantitative estimate of drug-likeness (QED) is 0.458. The summed E-state index contributed by atoms with van der Waals surface area (Å²) in [5.74, 6) is 0. The highest BCUT2D eigenvalue weighted by molar-refractivity contribution is 5.53. The van der Waals surface area contributed by atoms with Gasteiger partial charge in [0.2, 0.25) is 0 Å². The fraction of sp³-hybridized carbons (Fsp3) is 0.600. The van der Waals surface area contributed by atoms with Crippen molar-refractivity contribution in [3.63, 3.8) is 0 Å². The van der Waals surface area contributed by atoms with Gasteiger partial charge in [0, 0.05) is 35.5 Å². The molecule has 3 fully saturated rings. The molecule has 2 aromatic carbocycles. The van der Waals surface area contributed by atoms with Crippen molar-refractivity contribution < 1.29 is 0 Å². The number of para-hydroxylation sites is 2. The summed E-state index contributed by atoms with van der Waals surface area (Å²) in [6.45, 7) is 0. The van der Waals surface area contributed by atoms with E-state index >= 15 is 0 Å². The van der Waals surface area contributed by atoms with E-state index in [1.54, 1.807) is 0 Å². The number of anilines is 2. The van der Waals surface area contributed by atoms with Crippen LogP contribution in [-0.2, 0) is 0 Å². The zero-order chi connectivity index (χ0) is 21.6. The zero-order valence-electron chi connectivity index (χ0n) is 19.9. The molecule has 2 aromatic rings. The van der Waals surface area contributed by atoms with Gasteiger partial charge in [0.15, 0.2) is 0 Å². The zero-order valence-corrected chi connectivity index (χ0v) is 19.9. The van der Waals surface area contributed by atoms with E-state index in [1.807, 2.05) is 0 Å². The maximum atomic E-state index is 2.92. The second-order valence-corrected chi connectivity index (χ2v) is 10.5. The van der Waals surface area contributed by atoms with E-state index < -0.39 is 0 Å². The van der Waals surface area contributed by atoms with Crippen LogP contribution in [0.25, 0.3) is 0 Å². The third-order valence-corrected chi connectivity index (χ3v) is 8.45. The van der Waals surface area contributed by atoms with Gasteiger partial charge in [-0.1, -0.05) is 87.8 Å². The molecule has 0 heterocycles. The molecule has 0 aliphatic heterocycles. The molecule has 0 amide bonds. The van der Waals surface area contributed by atoms with E-state index in [-0.39, 0.29) is 0 Å². The summed E-state index contributed by atoms with van der Waals surface area (Å²) in [6, 6.07) is 25.5. The molecule has 2 unspecified atom stereocenters. The molecule has 2 heteroatoms. The van der Waals surface area contributed by atoms with E-state index in [2.05, 4.69) is 70.5 Å². The molecule has 2 nitrogen and oxygen atoms in total. The average Bonchev–Trinajstić information content (AvgIpc) is 2.88. The lowest BCUT2D eigenvalue weighted by molar-refractivity contribution is 0.276. The number of hydrogen-bond acceptors (Lipinski definition) is 2. The molecule has 0 bridgehead atoms. The Morgan fingerprint density at radius 3 is 1.12 bits per heavy atom. The molecule has 0 N–H and O–H groups in total. The predicted octanol–water partition coefficient (Wildman–Crippen LogP) is 7.98. The Hall–Kier alpha value is -1.96. The third kappa shape index (κ3) is 4.85. The van der Waals surface area contributed by atoms with Crippen LogP contribution in [0.2, 0.25) is 0 Å². The molecule has 3 saturated carbocycles. The van der Waals surface area contributed by atoms with E-state index in [0.29, 0.717) is 24.2 Å². The summed E-state index contributed by atoms with van der Waals surface area (Å²) < 4.78 is 0. The lowest BCUT2D eigenvalue weighted by Crippen LogP contribution is -2.59. The smallest absolute Gasteiger partial charge is 0.0496 e. The summed E-state index contributed by atoms with van der Waals surface area (Å²) in [7, 11) is 0. The van der Waals surface area contributed by atoms with Crippen LogP contribution in [0, 0.1) is 0 Å². The second-order valence-electron chi connectivity index (χ2n) is 10.5. The van der Waals surface area contributed by atoms with Gasteiger partial charge in [-0.15, -0.1) is 0 Å². The SMILES string of the molecule is c1ccc(N(C2CCCCC2)C2CCCCC2N(c2ccccc2)C2CCCCC2)cc1. The van der Waals surface area contributed by atoms with Crippen LogP contribution in [0.1, 0.15) is 89.9 Å². The summed E-state index contributed by atoms with van der Waals surface area (Å²) >= 11 is 0. The first kappa shape index (κ1) is 21.9. The standard InChI is InChI=1S/C30H42N2/c1-5-15-25(16-6-1)31(26-17-7-2-8-18-26)29-23-13-14-24-30(29)32(27-19-9-3-10-20-27)28-21-11-4-12-22-28/h1,3,5-6,9-10,15-16,19-20,26,28-30H,2,4,7-8,11-14,17-18,21-24H2. The first-order valence-electron chi connectivity index (χ1n) is 13.6. The van der Waals surface area contributed by atoms with Crippen LogP contribution in [0.4, 0.5) is 11.4 Å². The Morgan fingerprint density at radius 1 is 0.406 bits per heavy atom. The van der Waals surface area contributed by atoms with Crippen molar-refractivity contribution in [1.29, 1.82) is 0 Å². The minimum absolute atomic E-state index is 0.622. The molecule has 32 heavy (non-hydrogen) atoms. The highest BCUT2D eigenvalue weighted by Gasteiger charge is 2.40. The van der Waals surface area contributed by atoms with Crippen LogP contribution in [-0.4, -0.2) is 24.2 Å². The van der Waals surface area contributed by atoms with Crippen LogP contribution < -0.4 is 9.80 Å². The van der Waals surface area contributed by atoms with Crippen molar-refractivity contribution in [2.75, 3.05) is 9.80 Å². The Kier molecular flexibility index (Phi) is 7.36. The summed E-state index contributed by atoms with van der Waals surface area (Å²) in [4.78, 5) is 5.84. The average molecular weight is 431 g/mol. The Labute approximate surface area is 196 Å². The van der Waals surface area contributed by atoms with Gasteiger partial charge >= 0.3 is 0 Å². The van der Waals surface area contributed by atoms with Crippen molar-refractivity contribution >= 4 is 11.4 Å². The lowest BCUT2D eigenvalue weighted by Gasteiger charge is -2.52. The summed E-state index contributed by atoms with van der Waals surface area (Å²) in [5, 5.41) is 0. The Bertz CT molecular complexity index is 723. The third-order valence-electron chi connectivity index (χ3n) is 8.45. The highest BCUT2D eigenvalue weighted by atomic mass is 15.3. The fourth-order valence-corrected chi connectivity index (χ4v) is 7.01. The monoisotopic (exact) mass is 430 g/mol. The first-order valence-corrected chi connectivity index (χ1v) is 13.6. The molecule has 2 atom stereocenters. The van der Waals surface area contributed by atoms with Gasteiger partial charge in [-0.3, -0.25) is 0 Å². The minimum Gasteiger partial charge on any atom is -0.363 e.